The minimum Gasteiger partial charge on any atom is -0.306 e. The molecule has 0 spiro atoms. The van der Waals surface area contributed by atoms with Crippen molar-refractivity contribution in [2.24, 2.45) is 0 Å². The highest BCUT2D eigenvalue weighted by Gasteiger charge is 2.37. The number of hydrogen-bond acceptors (Lipinski definition) is 2. The maximum absolute atomic E-state index is 12.2. The maximum atomic E-state index is 12.2. The van der Waals surface area contributed by atoms with Crippen LogP contribution in [-0.2, 0) is 6.42 Å². The topological polar surface area (TPSA) is 62.4 Å². The largest absolute Gasteiger partial charge is 0.306 e. The third-order valence-electron chi connectivity index (χ3n) is 13.5. The fourth-order valence-corrected chi connectivity index (χ4v) is 11.0. The van der Waals surface area contributed by atoms with Gasteiger partial charge in [0.05, 0.1) is 61.3 Å². The minimum absolute atomic E-state index is 0.314. The van der Waals surface area contributed by atoms with Crippen molar-refractivity contribution in [1.82, 2.24) is 13.7 Å². The summed E-state index contributed by atoms with van der Waals surface area (Å²) >= 11 is 0. The molecule has 3 aromatic heterocycles. The minimum atomic E-state index is -0.314. The van der Waals surface area contributed by atoms with E-state index in [0.717, 1.165) is 99.2 Å². The van der Waals surface area contributed by atoms with Crippen molar-refractivity contribution in [2.45, 2.75) is 12.3 Å². The molecule has 1 aliphatic carbocycles. The number of rotatable bonds is 4. The molecule has 0 N–H and O–H groups in total. The summed E-state index contributed by atoms with van der Waals surface area (Å²) in [7, 11) is 0. The molecule has 1 aliphatic rings. The zero-order valence-corrected chi connectivity index (χ0v) is 34.0. The summed E-state index contributed by atoms with van der Waals surface area (Å²) in [6.07, 6.45) is 0.629. The third kappa shape index (κ3) is 4.79. The lowest BCUT2D eigenvalue weighted by Gasteiger charge is -2.32. The van der Waals surface area contributed by atoms with Gasteiger partial charge >= 0.3 is 0 Å². The molecule has 0 amide bonds. The van der Waals surface area contributed by atoms with E-state index in [4.69, 9.17) is 0 Å². The van der Waals surface area contributed by atoms with Gasteiger partial charge in [0.25, 0.3) is 0 Å². The van der Waals surface area contributed by atoms with Crippen molar-refractivity contribution in [1.29, 1.82) is 10.5 Å². The summed E-state index contributed by atoms with van der Waals surface area (Å²) in [6, 6.07) is 73.9. The summed E-state index contributed by atoms with van der Waals surface area (Å²) in [5, 5.41) is 30.9. The normalized spacial score (nSPS) is 13.5. The highest BCUT2D eigenvalue weighted by molar-refractivity contribution is 6.14. The second-order valence-corrected chi connectivity index (χ2v) is 16.5. The number of hydrogen-bond donors (Lipinski definition) is 0. The van der Waals surface area contributed by atoms with E-state index in [1.807, 2.05) is 0 Å². The summed E-state index contributed by atoms with van der Waals surface area (Å²) in [5.74, 6) is -0.314. The maximum Gasteiger partial charge on any atom is 0.102 e. The highest BCUT2D eigenvalue weighted by Crippen LogP contribution is 2.51. The van der Waals surface area contributed by atoms with Gasteiger partial charge in [0.2, 0.25) is 0 Å². The third-order valence-corrected chi connectivity index (χ3v) is 13.5. The molecule has 0 radical (unpaired) electrons. The van der Waals surface area contributed by atoms with Crippen LogP contribution in [0.4, 0.5) is 0 Å². The van der Waals surface area contributed by atoms with E-state index >= 15 is 0 Å². The number of fused-ring (bicyclic) bond motifs is 12. The molecule has 0 saturated heterocycles. The second kappa shape index (κ2) is 13.4. The average molecular weight is 802 g/mol. The molecule has 292 valence electrons. The Bertz CT molecular complexity index is 3680. The van der Waals surface area contributed by atoms with Gasteiger partial charge in [-0.3, -0.25) is 0 Å². The Morgan fingerprint density at radius 3 is 1.06 bits per heavy atom. The summed E-state index contributed by atoms with van der Waals surface area (Å²) in [6.45, 7) is 0. The lowest BCUT2D eigenvalue weighted by molar-refractivity contribution is 0.784. The Kier molecular flexibility index (Phi) is 7.49. The van der Waals surface area contributed by atoms with Crippen LogP contribution < -0.4 is 0 Å². The zero-order chi connectivity index (χ0) is 41.8. The van der Waals surface area contributed by atoms with Gasteiger partial charge in [-0.25, -0.2) is 0 Å². The predicted molar refractivity (Wildman–Crippen MR) is 256 cm³/mol. The van der Waals surface area contributed by atoms with Gasteiger partial charge in [-0.15, -0.1) is 0 Å². The van der Waals surface area contributed by atoms with Crippen LogP contribution in [0.1, 0.15) is 33.7 Å². The van der Waals surface area contributed by atoms with Crippen LogP contribution >= 0.6 is 0 Å². The van der Waals surface area contributed by atoms with Gasteiger partial charge in [-0.1, -0.05) is 158 Å². The van der Waals surface area contributed by atoms with Gasteiger partial charge in [0.1, 0.15) is 12.1 Å². The zero-order valence-electron chi connectivity index (χ0n) is 34.0. The number of para-hydroxylation sites is 6. The van der Waals surface area contributed by atoms with Crippen LogP contribution in [0, 0.1) is 22.7 Å². The molecular formula is C58H35N5. The van der Waals surface area contributed by atoms with Crippen LogP contribution in [0.3, 0.4) is 0 Å². The molecule has 0 unspecified atom stereocenters. The SMILES string of the molecule is N#Cc1c([C@@H]2Cc3ccccc3-c3ccccc32)c(C#N)c(-n2c3ccccc3c3ccccc32)c(-n2c3ccccc3c3ccccc32)c1-n1c2ccccc2c2ccccc21. The Morgan fingerprint density at radius 2 is 0.667 bits per heavy atom. The monoisotopic (exact) mass is 801 g/mol. The fraction of sp³-hybridized carbons (Fsp3) is 0.0345. The van der Waals surface area contributed by atoms with E-state index < -0.39 is 0 Å². The number of benzene rings is 9. The summed E-state index contributed by atoms with van der Waals surface area (Å²) in [4.78, 5) is 0. The molecule has 63 heavy (non-hydrogen) atoms. The van der Waals surface area contributed by atoms with Gasteiger partial charge < -0.3 is 13.7 Å². The quantitative estimate of drug-likeness (QED) is 0.178. The molecule has 12 aromatic rings. The Balaban J connectivity index is 1.34. The Labute approximate surface area is 362 Å². The Morgan fingerprint density at radius 1 is 0.349 bits per heavy atom. The van der Waals surface area contributed by atoms with Crippen LogP contribution in [0.25, 0.3) is 93.6 Å². The van der Waals surface area contributed by atoms with E-state index in [9.17, 15) is 10.5 Å². The van der Waals surface area contributed by atoms with Crippen molar-refractivity contribution in [3.05, 3.63) is 222 Å². The first-order chi connectivity index (χ1) is 31.2. The summed E-state index contributed by atoms with van der Waals surface area (Å²) in [5.41, 5.74) is 14.5. The van der Waals surface area contributed by atoms with Crippen molar-refractivity contribution in [3.8, 4) is 40.3 Å². The molecule has 5 heteroatoms. The predicted octanol–water partition coefficient (Wildman–Crippen LogP) is 14.1. The van der Waals surface area contributed by atoms with Gasteiger partial charge in [0, 0.05) is 38.2 Å². The molecule has 3 heterocycles. The summed E-state index contributed by atoms with van der Waals surface area (Å²) < 4.78 is 6.96. The first-order valence-corrected chi connectivity index (χ1v) is 21.4. The van der Waals surface area contributed by atoms with Crippen LogP contribution in [0.2, 0.25) is 0 Å². The van der Waals surface area contributed by atoms with Crippen molar-refractivity contribution in [3.63, 3.8) is 0 Å². The van der Waals surface area contributed by atoms with Gasteiger partial charge in [-0.2, -0.15) is 10.5 Å². The Hall–Kier alpha value is -8.64. The van der Waals surface area contributed by atoms with E-state index in [1.165, 1.54) is 11.1 Å². The number of aromatic nitrogens is 3. The number of nitrogens with zero attached hydrogens (tertiary/aromatic N) is 5. The van der Waals surface area contributed by atoms with Crippen LogP contribution in [0.5, 0.6) is 0 Å². The molecule has 1 atom stereocenters. The van der Waals surface area contributed by atoms with E-state index in [2.05, 4.69) is 220 Å². The first-order valence-electron chi connectivity index (χ1n) is 21.4. The molecule has 9 aromatic carbocycles. The molecule has 0 saturated carbocycles. The highest BCUT2D eigenvalue weighted by atomic mass is 15.1. The van der Waals surface area contributed by atoms with Crippen molar-refractivity contribution >= 4 is 65.4 Å². The van der Waals surface area contributed by atoms with Crippen LogP contribution in [-0.4, -0.2) is 13.7 Å². The van der Waals surface area contributed by atoms with E-state index in [0.29, 0.717) is 17.5 Å². The van der Waals surface area contributed by atoms with Crippen molar-refractivity contribution < 1.29 is 0 Å². The lowest BCUT2D eigenvalue weighted by Crippen LogP contribution is -2.20. The fourth-order valence-electron chi connectivity index (χ4n) is 11.0. The molecule has 5 nitrogen and oxygen atoms in total. The van der Waals surface area contributed by atoms with E-state index in [-0.39, 0.29) is 5.92 Å². The van der Waals surface area contributed by atoms with Crippen molar-refractivity contribution in [2.75, 3.05) is 0 Å². The smallest absolute Gasteiger partial charge is 0.102 e. The number of nitriles is 2. The van der Waals surface area contributed by atoms with Crippen LogP contribution in [0.15, 0.2) is 194 Å². The van der Waals surface area contributed by atoms with Gasteiger partial charge in [-0.05, 0) is 70.6 Å². The lowest BCUT2D eigenvalue weighted by atomic mass is 9.73. The first kappa shape index (κ1) is 35.1. The molecule has 0 aliphatic heterocycles. The average Bonchev–Trinajstić information content (AvgIpc) is 3.98. The van der Waals surface area contributed by atoms with Gasteiger partial charge in [0.15, 0.2) is 0 Å². The van der Waals surface area contributed by atoms with E-state index in [1.54, 1.807) is 0 Å². The second-order valence-electron chi connectivity index (χ2n) is 16.5. The molecule has 0 bridgehead atoms. The standard InChI is InChI=1S/C58H35N5/c59-34-47-55(46-33-36-17-1-2-18-37(36)38-19-3-4-20-39(38)46)48(35-60)57(62-51-29-13-7-23-42(51)43-24-8-14-30-52(43)62)58(63-53-31-15-9-25-44(53)45-26-10-16-32-54(45)63)56(47)61-49-27-11-5-21-40(49)41-22-6-12-28-50(41)61/h1-32,46H,33H2/t46-/m1/s1. The molecule has 0 fully saturated rings. The molecular weight excluding hydrogens is 767 g/mol. The molecule has 13 rings (SSSR count).